The summed E-state index contributed by atoms with van der Waals surface area (Å²) in [6.07, 6.45) is 1.38. The van der Waals surface area contributed by atoms with Crippen molar-refractivity contribution in [3.05, 3.63) is 88.3 Å². The second kappa shape index (κ2) is 9.31. The molecular weight excluding hydrogens is 458 g/mol. The van der Waals surface area contributed by atoms with Crippen LogP contribution in [0.2, 0.25) is 0 Å². The number of aliphatic carboxylic acids is 1. The van der Waals surface area contributed by atoms with E-state index in [1.165, 1.54) is 6.33 Å². The third kappa shape index (κ3) is 4.46. The molecule has 0 saturated heterocycles. The van der Waals surface area contributed by atoms with Crippen molar-refractivity contribution in [1.82, 2.24) is 14.5 Å². The number of hydrogen-bond donors (Lipinski definition) is 1. The van der Waals surface area contributed by atoms with E-state index in [1.54, 1.807) is 0 Å². The Kier molecular flexibility index (Phi) is 6.32. The number of ether oxygens (including phenoxy) is 1. The number of carboxylic acid groups (broad SMARTS) is 1. The molecule has 2 aromatic heterocycles. The van der Waals surface area contributed by atoms with Gasteiger partial charge in [0.25, 0.3) is 0 Å². The maximum absolute atomic E-state index is 11.9. The lowest BCUT2D eigenvalue weighted by Crippen LogP contribution is -2.29. The van der Waals surface area contributed by atoms with Gasteiger partial charge in [-0.25, -0.2) is 14.8 Å². The van der Waals surface area contributed by atoms with Crippen molar-refractivity contribution in [3.8, 4) is 5.88 Å². The van der Waals surface area contributed by atoms with E-state index in [0.29, 0.717) is 17.6 Å². The van der Waals surface area contributed by atoms with E-state index in [4.69, 9.17) is 4.74 Å². The molecule has 0 amide bonds. The number of fused-ring (bicyclic) bond motifs is 1. The normalized spacial score (nSPS) is 12.1. The zero-order valence-electron chi connectivity index (χ0n) is 17.0. The second-order valence-corrected chi connectivity index (χ2v) is 7.99. The van der Waals surface area contributed by atoms with Gasteiger partial charge in [-0.3, -0.25) is 0 Å². The summed E-state index contributed by atoms with van der Waals surface area (Å²) in [5, 5.41) is 10.4. The van der Waals surface area contributed by atoms with Gasteiger partial charge < -0.3 is 14.4 Å². The lowest BCUT2D eigenvalue weighted by Gasteiger charge is -2.15. The molecule has 4 aromatic rings. The Morgan fingerprint density at radius 1 is 1.06 bits per heavy atom. The highest BCUT2D eigenvalue weighted by atomic mass is 79.9. The van der Waals surface area contributed by atoms with E-state index in [-0.39, 0.29) is 12.3 Å². The highest BCUT2D eigenvalue weighted by molar-refractivity contribution is 9.10. The van der Waals surface area contributed by atoms with Crippen LogP contribution in [-0.4, -0.2) is 31.7 Å². The van der Waals surface area contributed by atoms with Crippen molar-refractivity contribution in [2.75, 3.05) is 0 Å². The molecule has 2 aromatic carbocycles. The quantitative estimate of drug-likeness (QED) is 0.389. The molecule has 1 N–H and O–H groups in total. The summed E-state index contributed by atoms with van der Waals surface area (Å²) in [6.45, 7) is 2.72. The molecule has 0 radical (unpaired) electrons. The molecule has 0 aliphatic rings. The number of halogens is 1. The van der Waals surface area contributed by atoms with Crippen molar-refractivity contribution in [2.24, 2.45) is 0 Å². The second-order valence-electron chi connectivity index (χ2n) is 7.20. The number of rotatable bonds is 8. The zero-order chi connectivity index (χ0) is 21.8. The predicted molar refractivity (Wildman–Crippen MR) is 122 cm³/mol. The van der Waals surface area contributed by atoms with E-state index in [9.17, 15) is 9.90 Å². The van der Waals surface area contributed by atoms with Gasteiger partial charge in [0.1, 0.15) is 12.0 Å². The lowest BCUT2D eigenvalue weighted by molar-refractivity contribution is -0.145. The Bertz CT molecular complexity index is 1190. The van der Waals surface area contributed by atoms with Crippen LogP contribution < -0.4 is 4.74 Å². The van der Waals surface area contributed by atoms with Crippen LogP contribution in [-0.2, 0) is 24.2 Å². The fraction of sp³-hybridized carbons (Fsp3) is 0.208. The monoisotopic (exact) mass is 479 g/mol. The summed E-state index contributed by atoms with van der Waals surface area (Å²) in [5.41, 5.74) is 3.80. The first-order valence-corrected chi connectivity index (χ1v) is 10.9. The topological polar surface area (TPSA) is 77.2 Å². The third-order valence-electron chi connectivity index (χ3n) is 5.16. The summed E-state index contributed by atoms with van der Waals surface area (Å²) in [4.78, 5) is 20.7. The SMILES string of the molecule is CCc1c(Br)c2c(O[C@H](Cc3ccccc3)C(=O)O)ncnc2n1Cc1ccccc1. The molecule has 0 saturated carbocycles. The third-order valence-corrected chi connectivity index (χ3v) is 6.01. The average molecular weight is 480 g/mol. The minimum atomic E-state index is -1.06. The Hall–Kier alpha value is -3.19. The molecular formula is C24H22BrN3O3. The Labute approximate surface area is 188 Å². The van der Waals surface area contributed by atoms with Gasteiger partial charge in [-0.05, 0) is 33.5 Å². The van der Waals surface area contributed by atoms with Crippen LogP contribution in [0.15, 0.2) is 71.5 Å². The Morgan fingerprint density at radius 3 is 2.32 bits per heavy atom. The molecule has 2 heterocycles. The number of aromatic nitrogens is 3. The van der Waals surface area contributed by atoms with Gasteiger partial charge in [0.15, 0.2) is 0 Å². The molecule has 0 spiro atoms. The van der Waals surface area contributed by atoms with E-state index >= 15 is 0 Å². The van der Waals surface area contributed by atoms with Gasteiger partial charge in [-0.1, -0.05) is 67.6 Å². The fourth-order valence-corrected chi connectivity index (χ4v) is 4.50. The van der Waals surface area contributed by atoms with Crippen LogP contribution in [0.25, 0.3) is 11.0 Å². The first kappa shape index (κ1) is 21.1. The van der Waals surface area contributed by atoms with E-state index in [0.717, 1.165) is 27.7 Å². The van der Waals surface area contributed by atoms with Crippen molar-refractivity contribution >= 4 is 32.9 Å². The minimum Gasteiger partial charge on any atom is -0.478 e. The van der Waals surface area contributed by atoms with Crippen molar-refractivity contribution in [3.63, 3.8) is 0 Å². The standard InChI is InChI=1S/C24H22BrN3O3/c1-2-18-21(25)20-22(28(18)14-17-11-7-4-8-12-17)26-15-27-23(20)31-19(24(29)30)13-16-9-5-3-6-10-16/h3-12,15,19H,2,13-14H2,1H3,(H,29,30)/t19-/m1/s1. The zero-order valence-corrected chi connectivity index (χ0v) is 18.6. The Morgan fingerprint density at radius 2 is 1.71 bits per heavy atom. The number of hydrogen-bond acceptors (Lipinski definition) is 4. The number of nitrogens with zero attached hydrogens (tertiary/aromatic N) is 3. The van der Waals surface area contributed by atoms with Crippen molar-refractivity contribution in [1.29, 1.82) is 0 Å². The summed E-state index contributed by atoms with van der Waals surface area (Å²) < 4.78 is 8.90. The largest absolute Gasteiger partial charge is 0.478 e. The van der Waals surface area contributed by atoms with Crippen molar-refractivity contribution < 1.29 is 14.6 Å². The molecule has 7 heteroatoms. The lowest BCUT2D eigenvalue weighted by atomic mass is 10.1. The van der Waals surface area contributed by atoms with Crippen LogP contribution >= 0.6 is 15.9 Å². The highest BCUT2D eigenvalue weighted by Gasteiger charge is 2.25. The van der Waals surface area contributed by atoms with E-state index in [1.807, 2.05) is 48.5 Å². The molecule has 6 nitrogen and oxygen atoms in total. The van der Waals surface area contributed by atoms with Gasteiger partial charge >= 0.3 is 5.97 Å². The highest BCUT2D eigenvalue weighted by Crippen LogP contribution is 2.36. The molecule has 0 unspecified atom stereocenters. The maximum atomic E-state index is 11.9. The van der Waals surface area contributed by atoms with Gasteiger partial charge in [-0.2, -0.15) is 0 Å². The van der Waals surface area contributed by atoms with Crippen molar-refractivity contribution in [2.45, 2.75) is 32.4 Å². The molecule has 0 aliphatic heterocycles. The van der Waals surface area contributed by atoms with Crippen LogP contribution in [0, 0.1) is 0 Å². The van der Waals surface area contributed by atoms with E-state index in [2.05, 4.69) is 49.5 Å². The fourth-order valence-electron chi connectivity index (χ4n) is 3.66. The maximum Gasteiger partial charge on any atom is 0.345 e. The molecule has 4 rings (SSSR count). The first-order chi connectivity index (χ1) is 15.1. The van der Waals surface area contributed by atoms with Gasteiger partial charge in [0, 0.05) is 18.7 Å². The van der Waals surface area contributed by atoms with Crippen LogP contribution in [0.3, 0.4) is 0 Å². The van der Waals surface area contributed by atoms with Crippen LogP contribution in [0.5, 0.6) is 5.88 Å². The van der Waals surface area contributed by atoms with Gasteiger partial charge in [-0.15, -0.1) is 0 Å². The van der Waals surface area contributed by atoms with E-state index < -0.39 is 12.1 Å². The number of carboxylic acids is 1. The van der Waals surface area contributed by atoms with Gasteiger partial charge in [0.2, 0.25) is 12.0 Å². The molecule has 1 atom stereocenters. The predicted octanol–water partition coefficient (Wildman–Crippen LogP) is 4.88. The minimum absolute atomic E-state index is 0.241. The van der Waals surface area contributed by atoms with Crippen LogP contribution in [0.4, 0.5) is 0 Å². The van der Waals surface area contributed by atoms with Gasteiger partial charge in [0.05, 0.1) is 9.86 Å². The molecule has 0 fully saturated rings. The molecule has 0 bridgehead atoms. The molecule has 0 aliphatic carbocycles. The molecule has 158 valence electrons. The first-order valence-electron chi connectivity index (χ1n) is 10.1. The summed E-state index contributed by atoms with van der Waals surface area (Å²) in [5.74, 6) is -0.770. The summed E-state index contributed by atoms with van der Waals surface area (Å²) in [7, 11) is 0. The average Bonchev–Trinajstić information content (AvgIpc) is 3.06. The molecule has 31 heavy (non-hydrogen) atoms. The number of benzene rings is 2. The smallest absolute Gasteiger partial charge is 0.345 e. The summed E-state index contributed by atoms with van der Waals surface area (Å²) in [6, 6.07) is 19.6. The Balaban J connectivity index is 1.74. The van der Waals surface area contributed by atoms with Crippen LogP contribution in [0.1, 0.15) is 23.7 Å². The number of carbonyl (C=O) groups is 1. The summed E-state index contributed by atoms with van der Waals surface area (Å²) >= 11 is 3.69.